The maximum absolute atomic E-state index is 8.62. The van der Waals surface area contributed by atoms with E-state index in [9.17, 15) is 0 Å². The van der Waals surface area contributed by atoms with E-state index in [1.54, 1.807) is 0 Å². The Hall–Kier alpha value is 0.326. The summed E-state index contributed by atoms with van der Waals surface area (Å²) in [7, 11) is 0. The Morgan fingerprint density at radius 3 is 0.579 bits per heavy atom. The number of rotatable bonds is 0. The fourth-order valence-electron chi connectivity index (χ4n) is 0. The van der Waals surface area contributed by atoms with Crippen LogP contribution in [0.5, 0.6) is 0 Å². The second kappa shape index (κ2) is 23.4. The van der Waals surface area contributed by atoms with Gasteiger partial charge in [0.15, 0.2) is 0 Å². The molecule has 19 heavy (non-hydrogen) atoms. The molecule has 0 N–H and O–H groups in total. The largest absolute Gasteiger partial charge is 3.00 e. The molecule has 0 atom stereocenters. The van der Waals surface area contributed by atoms with E-state index >= 15 is 0 Å². The van der Waals surface area contributed by atoms with E-state index in [0.29, 0.717) is 0 Å². The first-order chi connectivity index (χ1) is 7.20. The summed E-state index contributed by atoms with van der Waals surface area (Å²) in [6.07, 6.45) is 0. The molecule has 0 saturated heterocycles. The van der Waals surface area contributed by atoms with Gasteiger partial charge in [0.05, 0.1) is 15.3 Å². The summed E-state index contributed by atoms with van der Waals surface area (Å²) < 4.78 is 34.5. The van der Waals surface area contributed by atoms with Crippen LogP contribution in [-0.4, -0.2) is 15.3 Å². The Bertz CT molecular complexity index is 180. The molecule has 0 aromatic rings. The number of nitrogens with zero attached hydrogens (tertiary/aromatic N) is 3. The maximum Gasteiger partial charge on any atom is 3.00 e. The Morgan fingerprint density at radius 2 is 0.579 bits per heavy atom. The standard InChI is InChI=1S/Fe.IO4.K.3NO3/c;2-1(3,4)5;;3*2-1(3)4/q+3;-1;+1;3*-1. The predicted octanol–water partition coefficient (Wildman–Crippen LogP) is -11.5. The molecule has 0 unspecified atom stereocenters. The molecule has 0 fully saturated rings. The van der Waals surface area contributed by atoms with Crippen LogP contribution in [0.3, 0.4) is 0 Å². The normalized spacial score (nSPS) is 6.95. The van der Waals surface area contributed by atoms with E-state index in [1.807, 2.05) is 0 Å². The minimum atomic E-state index is -5.94. The topological polar surface area (TPSA) is 291 Å². The van der Waals surface area contributed by atoms with Gasteiger partial charge < -0.3 is 46.0 Å². The van der Waals surface area contributed by atoms with Gasteiger partial charge in [0.1, 0.15) is 20.1 Å². The number of halogens is 1. The third kappa shape index (κ3) is 46000. The predicted molar refractivity (Wildman–Crippen MR) is 31.1 cm³/mol. The molecular formula is FeIKN3O13. The van der Waals surface area contributed by atoms with Crippen molar-refractivity contribution in [3.8, 4) is 0 Å². The molecule has 0 rings (SSSR count). The Labute approximate surface area is 161 Å². The van der Waals surface area contributed by atoms with Gasteiger partial charge in [-0.25, -0.2) is 0 Å². The average Bonchev–Trinajstić information content (AvgIpc) is 1.73. The summed E-state index contributed by atoms with van der Waals surface area (Å²) in [5, 5.41) is 44.2. The summed E-state index contributed by atoms with van der Waals surface area (Å²) in [5.74, 6) is 0. The van der Waals surface area contributed by atoms with Gasteiger partial charge in [0, 0.05) is 0 Å². The van der Waals surface area contributed by atoms with Gasteiger partial charge in [-0.05, 0) is 0 Å². The first-order valence-corrected chi connectivity index (χ1v) is 5.78. The summed E-state index contributed by atoms with van der Waals surface area (Å²) in [5.41, 5.74) is 0. The molecule has 1 radical (unpaired) electrons. The minimum absolute atomic E-state index is 0. The van der Waals surface area contributed by atoms with E-state index in [1.165, 1.54) is 0 Å². The van der Waals surface area contributed by atoms with Crippen LogP contribution in [0.25, 0.3) is 0 Å². The zero-order valence-electron chi connectivity index (χ0n) is 8.38. The van der Waals surface area contributed by atoms with Crippen LogP contribution in [0.4, 0.5) is 0 Å². The average molecular weight is 472 g/mol. The van der Waals surface area contributed by atoms with Crippen LogP contribution >= 0.6 is 0 Å². The Morgan fingerprint density at radius 1 is 0.579 bits per heavy atom. The van der Waals surface area contributed by atoms with Crippen molar-refractivity contribution < 1.29 is 118 Å². The minimum Gasteiger partial charge on any atom is -0.356 e. The van der Waals surface area contributed by atoms with E-state index in [0.717, 1.165) is 0 Å². The maximum atomic E-state index is 8.62. The van der Waals surface area contributed by atoms with Crippen molar-refractivity contribution in [3.63, 3.8) is 0 Å². The molecule has 0 amide bonds. The molecule has 0 aliphatic carbocycles. The van der Waals surface area contributed by atoms with Crippen LogP contribution in [0.1, 0.15) is 0 Å². The molecule has 16 nitrogen and oxygen atoms in total. The molecule has 109 valence electrons. The molecule has 0 heterocycles. The monoisotopic (exact) mass is 472 g/mol. The van der Waals surface area contributed by atoms with Gasteiger partial charge >= 0.3 is 68.5 Å². The van der Waals surface area contributed by atoms with Gasteiger partial charge in [0.25, 0.3) is 0 Å². The van der Waals surface area contributed by atoms with Crippen molar-refractivity contribution in [1.29, 1.82) is 0 Å². The quantitative estimate of drug-likeness (QED) is 0.137. The van der Waals surface area contributed by atoms with Crippen molar-refractivity contribution in [1.82, 2.24) is 0 Å². The molecule has 0 aliphatic heterocycles. The van der Waals surface area contributed by atoms with E-state index < -0.39 is 35.4 Å². The zero-order chi connectivity index (χ0) is 15.2. The SMILES string of the molecule is O=[N+]([O-])[O-].O=[N+]([O-])[O-].O=[N+]([O-])[O-].[Fe+3].[K+].[O-][I+3]([O-])([O-])[O-]. The molecule has 0 bridgehead atoms. The van der Waals surface area contributed by atoms with Crippen LogP contribution < -0.4 is 85.2 Å². The van der Waals surface area contributed by atoms with Crippen molar-refractivity contribution >= 4 is 0 Å². The second-order valence-electron chi connectivity index (χ2n) is 1.05. The summed E-state index contributed by atoms with van der Waals surface area (Å²) in [6, 6.07) is 0. The molecule has 0 saturated carbocycles. The van der Waals surface area contributed by atoms with Crippen LogP contribution in [0.15, 0.2) is 0 Å². The van der Waals surface area contributed by atoms with Gasteiger partial charge in [-0.3, -0.25) is 13.7 Å². The fraction of sp³-hybridized carbons (Fsp3) is 0. The zero-order valence-corrected chi connectivity index (χ0v) is 14.8. The van der Waals surface area contributed by atoms with Crippen molar-refractivity contribution in [2.45, 2.75) is 0 Å². The van der Waals surface area contributed by atoms with Crippen molar-refractivity contribution in [3.05, 3.63) is 46.0 Å². The fourth-order valence-corrected chi connectivity index (χ4v) is 0. The van der Waals surface area contributed by atoms with Crippen LogP contribution in [0, 0.1) is 46.0 Å². The summed E-state index contributed by atoms with van der Waals surface area (Å²) in [6.45, 7) is 0. The molecular weight excluding hydrogens is 472 g/mol. The first kappa shape index (κ1) is 36.5. The molecule has 0 spiro atoms. The Balaban J connectivity index is -0.0000000288. The van der Waals surface area contributed by atoms with E-state index in [-0.39, 0.29) is 68.5 Å². The van der Waals surface area contributed by atoms with Gasteiger partial charge in [-0.15, -0.1) is 0 Å². The molecule has 19 heteroatoms. The third-order valence-corrected chi connectivity index (χ3v) is 0. The van der Waals surface area contributed by atoms with Crippen LogP contribution in [0.2, 0.25) is 0 Å². The molecule has 0 aromatic heterocycles. The van der Waals surface area contributed by atoms with E-state index in [4.69, 9.17) is 59.7 Å². The number of hydrogen-bond acceptors (Lipinski definition) is 13. The summed E-state index contributed by atoms with van der Waals surface area (Å²) >= 11 is -5.94. The van der Waals surface area contributed by atoms with E-state index in [2.05, 4.69) is 0 Å². The second-order valence-corrected chi connectivity index (χ2v) is 3.21. The van der Waals surface area contributed by atoms with Gasteiger partial charge in [0.2, 0.25) is 0 Å². The summed E-state index contributed by atoms with van der Waals surface area (Å²) in [4.78, 5) is 24.8. The third-order valence-electron chi connectivity index (χ3n) is 0. The van der Waals surface area contributed by atoms with Crippen molar-refractivity contribution in [2.75, 3.05) is 0 Å². The van der Waals surface area contributed by atoms with Gasteiger partial charge in [-0.1, -0.05) is 0 Å². The first-order valence-electron chi connectivity index (χ1n) is 2.26. The Kier molecular flexibility index (Phi) is 45.1. The van der Waals surface area contributed by atoms with Crippen molar-refractivity contribution in [2.24, 2.45) is 0 Å². The van der Waals surface area contributed by atoms with Crippen LogP contribution in [-0.2, 0) is 17.1 Å². The number of hydrogen-bond donors (Lipinski definition) is 0. The molecule has 0 aliphatic rings. The van der Waals surface area contributed by atoms with Gasteiger partial charge in [-0.2, -0.15) is 0 Å². The molecule has 0 aromatic carbocycles. The smallest absolute Gasteiger partial charge is 0.356 e.